The number of anilines is 2. The SMILES string of the molecule is CN(c1ccccc1)S(=O)(=O)c1ccc(C(=O)N2CCCC(C(=O)Nc3nccs3)C2)cc1. The first-order valence-corrected chi connectivity index (χ1v) is 12.8. The van der Waals surface area contributed by atoms with Crippen molar-refractivity contribution in [3.05, 3.63) is 71.7 Å². The molecule has 1 aromatic heterocycles. The van der Waals surface area contributed by atoms with E-state index in [1.165, 1.54) is 47.0 Å². The summed E-state index contributed by atoms with van der Waals surface area (Å²) in [6.07, 6.45) is 3.04. The number of carbonyl (C=O) groups excluding carboxylic acids is 2. The van der Waals surface area contributed by atoms with Gasteiger partial charge in [-0.3, -0.25) is 13.9 Å². The van der Waals surface area contributed by atoms with Crippen molar-refractivity contribution in [3.8, 4) is 0 Å². The van der Waals surface area contributed by atoms with Gasteiger partial charge in [0.15, 0.2) is 5.13 Å². The molecular formula is C23H24N4O4S2. The van der Waals surface area contributed by atoms with Gasteiger partial charge in [-0.25, -0.2) is 13.4 Å². The molecule has 4 rings (SSSR count). The zero-order valence-electron chi connectivity index (χ0n) is 18.0. The second-order valence-corrected chi connectivity index (χ2v) is 10.6. The molecule has 10 heteroatoms. The minimum atomic E-state index is -3.75. The number of para-hydroxylation sites is 1. The van der Waals surface area contributed by atoms with Crippen LogP contribution in [0.3, 0.4) is 0 Å². The molecule has 1 aliphatic heterocycles. The molecule has 2 heterocycles. The number of hydrogen-bond donors (Lipinski definition) is 1. The van der Waals surface area contributed by atoms with Gasteiger partial charge >= 0.3 is 0 Å². The van der Waals surface area contributed by atoms with Crippen LogP contribution >= 0.6 is 11.3 Å². The van der Waals surface area contributed by atoms with Gasteiger partial charge in [-0.05, 0) is 49.2 Å². The van der Waals surface area contributed by atoms with Gasteiger partial charge in [0.05, 0.1) is 16.5 Å². The number of benzene rings is 2. The van der Waals surface area contributed by atoms with Crippen LogP contribution in [-0.2, 0) is 14.8 Å². The Kier molecular flexibility index (Phi) is 6.75. The molecule has 0 radical (unpaired) electrons. The number of thiazole rings is 1. The van der Waals surface area contributed by atoms with E-state index in [1.54, 1.807) is 40.7 Å². The molecule has 0 bridgehead atoms. The molecule has 1 unspecified atom stereocenters. The normalized spacial score (nSPS) is 16.3. The van der Waals surface area contributed by atoms with Gasteiger partial charge in [-0.15, -0.1) is 11.3 Å². The Morgan fingerprint density at radius 3 is 2.52 bits per heavy atom. The van der Waals surface area contributed by atoms with Gasteiger partial charge in [0.25, 0.3) is 15.9 Å². The number of nitrogens with one attached hydrogen (secondary N) is 1. The van der Waals surface area contributed by atoms with E-state index in [0.717, 1.165) is 6.42 Å². The summed E-state index contributed by atoms with van der Waals surface area (Å²) in [4.78, 5) is 31.4. The highest BCUT2D eigenvalue weighted by Crippen LogP contribution is 2.24. The fourth-order valence-electron chi connectivity index (χ4n) is 3.76. The molecule has 1 aliphatic rings. The summed E-state index contributed by atoms with van der Waals surface area (Å²) in [6.45, 7) is 0.865. The lowest BCUT2D eigenvalue weighted by Gasteiger charge is -2.32. The van der Waals surface area contributed by atoms with Crippen LogP contribution in [0.15, 0.2) is 71.1 Å². The van der Waals surface area contributed by atoms with Crippen molar-refractivity contribution in [3.63, 3.8) is 0 Å². The van der Waals surface area contributed by atoms with Crippen LogP contribution in [0, 0.1) is 5.92 Å². The van der Waals surface area contributed by atoms with Crippen LogP contribution in [-0.4, -0.2) is 50.3 Å². The molecule has 33 heavy (non-hydrogen) atoms. The van der Waals surface area contributed by atoms with Crippen molar-refractivity contribution >= 4 is 44.0 Å². The fraction of sp³-hybridized carbons (Fsp3) is 0.261. The van der Waals surface area contributed by atoms with E-state index in [-0.39, 0.29) is 22.6 Å². The number of likely N-dealkylation sites (tertiary alicyclic amines) is 1. The molecule has 2 aromatic carbocycles. The molecule has 1 atom stereocenters. The van der Waals surface area contributed by atoms with Crippen LogP contribution in [0.1, 0.15) is 23.2 Å². The van der Waals surface area contributed by atoms with Crippen molar-refractivity contribution in [1.82, 2.24) is 9.88 Å². The van der Waals surface area contributed by atoms with Gasteiger partial charge < -0.3 is 10.2 Å². The topological polar surface area (TPSA) is 99.7 Å². The highest BCUT2D eigenvalue weighted by molar-refractivity contribution is 7.92. The number of rotatable bonds is 6. The maximum absolute atomic E-state index is 13.0. The smallest absolute Gasteiger partial charge is 0.264 e. The Bertz CT molecular complexity index is 1210. The van der Waals surface area contributed by atoms with Gasteiger partial charge in [-0.2, -0.15) is 0 Å². The molecule has 0 spiro atoms. The minimum absolute atomic E-state index is 0.102. The Morgan fingerprint density at radius 2 is 1.85 bits per heavy atom. The van der Waals surface area contributed by atoms with Gasteiger partial charge in [-0.1, -0.05) is 18.2 Å². The van der Waals surface area contributed by atoms with Crippen LogP contribution in [0.5, 0.6) is 0 Å². The Hall–Kier alpha value is -3.24. The molecule has 2 amide bonds. The highest BCUT2D eigenvalue weighted by Gasteiger charge is 2.30. The molecular weight excluding hydrogens is 460 g/mol. The number of piperidine rings is 1. The lowest BCUT2D eigenvalue weighted by atomic mass is 9.96. The molecule has 1 fully saturated rings. The number of nitrogens with zero attached hydrogens (tertiary/aromatic N) is 3. The van der Waals surface area contributed by atoms with Gasteiger partial charge in [0, 0.05) is 37.3 Å². The second kappa shape index (κ2) is 9.72. The van der Waals surface area contributed by atoms with Crippen molar-refractivity contribution < 1.29 is 18.0 Å². The molecule has 172 valence electrons. The first-order chi connectivity index (χ1) is 15.9. The summed E-state index contributed by atoms with van der Waals surface area (Å²) in [5.74, 6) is -0.680. The lowest BCUT2D eigenvalue weighted by molar-refractivity contribution is -0.121. The molecule has 1 saturated heterocycles. The molecule has 0 saturated carbocycles. The number of aromatic nitrogens is 1. The maximum atomic E-state index is 13.0. The first-order valence-electron chi connectivity index (χ1n) is 10.5. The largest absolute Gasteiger partial charge is 0.338 e. The van der Waals surface area contributed by atoms with E-state index < -0.39 is 10.0 Å². The standard InChI is InChI=1S/C23H24N4O4S2/c1-26(19-7-3-2-4-8-19)33(30,31)20-11-9-17(10-12-20)22(29)27-14-5-6-18(16-27)21(28)25-23-24-13-15-32-23/h2-4,7-13,15,18H,5-6,14,16H2,1H3,(H,24,25,28). The monoisotopic (exact) mass is 484 g/mol. The van der Waals surface area contributed by atoms with Crippen LogP contribution in [0.25, 0.3) is 0 Å². The summed E-state index contributed by atoms with van der Waals surface area (Å²) in [5.41, 5.74) is 0.935. The average Bonchev–Trinajstić information content (AvgIpc) is 3.37. The van der Waals surface area contributed by atoms with E-state index in [0.29, 0.717) is 35.9 Å². The third kappa shape index (κ3) is 5.07. The third-order valence-electron chi connectivity index (χ3n) is 5.62. The zero-order chi connectivity index (χ0) is 23.4. The molecule has 8 nitrogen and oxygen atoms in total. The minimum Gasteiger partial charge on any atom is -0.338 e. The summed E-state index contributed by atoms with van der Waals surface area (Å²) < 4.78 is 27.1. The quantitative estimate of drug-likeness (QED) is 0.578. The summed E-state index contributed by atoms with van der Waals surface area (Å²) >= 11 is 1.35. The summed E-state index contributed by atoms with van der Waals surface area (Å²) in [5, 5.41) is 5.13. The first kappa shape index (κ1) is 22.9. The van der Waals surface area contributed by atoms with Crippen molar-refractivity contribution in [2.75, 3.05) is 29.8 Å². The lowest BCUT2D eigenvalue weighted by Crippen LogP contribution is -2.43. The van der Waals surface area contributed by atoms with Gasteiger partial charge in [0.1, 0.15) is 0 Å². The van der Waals surface area contributed by atoms with E-state index in [9.17, 15) is 18.0 Å². The van der Waals surface area contributed by atoms with Crippen molar-refractivity contribution in [2.45, 2.75) is 17.7 Å². The number of carbonyl (C=O) groups is 2. The van der Waals surface area contributed by atoms with E-state index >= 15 is 0 Å². The molecule has 3 aromatic rings. The van der Waals surface area contributed by atoms with Crippen LogP contribution in [0.2, 0.25) is 0 Å². The van der Waals surface area contributed by atoms with Crippen LogP contribution in [0.4, 0.5) is 10.8 Å². The highest BCUT2D eigenvalue weighted by atomic mass is 32.2. The maximum Gasteiger partial charge on any atom is 0.264 e. The predicted molar refractivity (Wildman–Crippen MR) is 128 cm³/mol. The average molecular weight is 485 g/mol. The van der Waals surface area contributed by atoms with Crippen molar-refractivity contribution in [1.29, 1.82) is 0 Å². The second-order valence-electron chi connectivity index (χ2n) is 7.75. The molecule has 0 aliphatic carbocycles. The van der Waals surface area contributed by atoms with E-state index in [2.05, 4.69) is 10.3 Å². The number of hydrogen-bond acceptors (Lipinski definition) is 6. The number of amides is 2. The molecule has 1 N–H and O–H groups in total. The van der Waals surface area contributed by atoms with E-state index in [1.807, 2.05) is 6.07 Å². The fourth-order valence-corrected chi connectivity index (χ4v) is 5.48. The third-order valence-corrected chi connectivity index (χ3v) is 8.11. The zero-order valence-corrected chi connectivity index (χ0v) is 19.7. The summed E-state index contributed by atoms with van der Waals surface area (Å²) in [7, 11) is -2.26. The summed E-state index contributed by atoms with van der Waals surface area (Å²) in [6, 6.07) is 14.7. The Morgan fingerprint density at radius 1 is 1.12 bits per heavy atom. The van der Waals surface area contributed by atoms with Crippen LogP contribution < -0.4 is 9.62 Å². The predicted octanol–water partition coefficient (Wildman–Crippen LogP) is 3.46. The van der Waals surface area contributed by atoms with Gasteiger partial charge in [0.2, 0.25) is 5.91 Å². The van der Waals surface area contributed by atoms with E-state index in [4.69, 9.17) is 0 Å². The van der Waals surface area contributed by atoms with Crippen molar-refractivity contribution in [2.24, 2.45) is 5.92 Å². The Balaban J connectivity index is 1.44. The number of sulfonamides is 1. The Labute approximate surface area is 196 Å².